The Morgan fingerprint density at radius 2 is 1.73 bits per heavy atom. The molecule has 0 unspecified atom stereocenters. The Morgan fingerprint density at radius 3 is 2.39 bits per heavy atom. The number of halogens is 3. The minimum absolute atomic E-state index is 0.0419. The highest BCUT2D eigenvalue weighted by molar-refractivity contribution is 5.74. The number of aliphatic hydroxyl groups excluding tert-OH is 2. The molecule has 0 spiro atoms. The van der Waals surface area contributed by atoms with Crippen molar-refractivity contribution in [2.45, 2.75) is 68.5 Å². The summed E-state index contributed by atoms with van der Waals surface area (Å²) >= 11 is 0. The molecule has 44 heavy (non-hydrogen) atoms. The van der Waals surface area contributed by atoms with E-state index < -0.39 is 54.5 Å². The third kappa shape index (κ3) is 5.93. The van der Waals surface area contributed by atoms with E-state index in [0.29, 0.717) is 24.5 Å². The monoisotopic (exact) mass is 620 g/mol. The van der Waals surface area contributed by atoms with Gasteiger partial charge in [0.15, 0.2) is 17.5 Å². The number of ether oxygens (including phenoxy) is 2. The molecule has 5 atom stereocenters. The molecule has 3 fully saturated rings. The second-order valence-electron chi connectivity index (χ2n) is 11.6. The summed E-state index contributed by atoms with van der Waals surface area (Å²) in [5, 5.41) is 33.3. The molecule has 3 aliphatic rings. The number of aliphatic hydroxyl groups is 2. The standard InChI is InChI=1S/C29H35F3N6O6/c1-42-28-23(13-18-12-22(44-34-18)16-4-8-37(9-5-16)29(41)36-6-2-3-7-36)43-24(15-39)27(40)26(28)38-14-21(33-35-38)17-10-19(30)25(32)20(31)11-17/h10-12,14,16,23-24,26-28,39-40H,2-9,13,15H2,1H3/t23-,24-,26+,27+,28+/m1/s1. The van der Waals surface area contributed by atoms with Gasteiger partial charge in [-0.05, 0) is 37.8 Å². The van der Waals surface area contributed by atoms with Crippen molar-refractivity contribution in [1.29, 1.82) is 0 Å². The zero-order valence-electron chi connectivity index (χ0n) is 24.2. The zero-order valence-corrected chi connectivity index (χ0v) is 24.2. The molecule has 3 aromatic rings. The topological polar surface area (TPSA) is 139 Å². The number of hydrogen-bond donors (Lipinski definition) is 2. The summed E-state index contributed by atoms with van der Waals surface area (Å²) in [7, 11) is 1.44. The second kappa shape index (κ2) is 12.8. The van der Waals surface area contributed by atoms with E-state index in [-0.39, 0.29) is 29.6 Å². The first-order valence-corrected chi connectivity index (χ1v) is 14.8. The summed E-state index contributed by atoms with van der Waals surface area (Å²) < 4.78 is 59.9. The number of piperidine rings is 1. The molecule has 6 rings (SSSR count). The Labute approximate surface area is 251 Å². The van der Waals surface area contributed by atoms with E-state index in [2.05, 4.69) is 15.5 Å². The normalized spacial score (nSPS) is 26.5. The van der Waals surface area contributed by atoms with Crippen molar-refractivity contribution >= 4 is 6.03 Å². The molecule has 0 radical (unpaired) electrons. The van der Waals surface area contributed by atoms with Gasteiger partial charge in [-0.25, -0.2) is 22.6 Å². The lowest BCUT2D eigenvalue weighted by Crippen LogP contribution is -2.57. The molecule has 238 valence electrons. The summed E-state index contributed by atoms with van der Waals surface area (Å²) in [6, 6.07) is 2.66. The number of rotatable bonds is 7. The SMILES string of the molecule is CO[C@@H]1[C@@H](n2cc(-c3cc(F)c(F)c(F)c3)nn2)[C@@H](O)[C@@H](CO)O[C@@H]1Cc1cc(C2CCN(C(=O)N3CCCC3)CC2)on1. The van der Waals surface area contributed by atoms with E-state index in [9.17, 15) is 28.2 Å². The lowest BCUT2D eigenvalue weighted by molar-refractivity contribution is -0.212. The van der Waals surface area contributed by atoms with Gasteiger partial charge in [0.05, 0.1) is 24.6 Å². The van der Waals surface area contributed by atoms with E-state index in [0.717, 1.165) is 50.9 Å². The lowest BCUT2D eigenvalue weighted by atomic mass is 9.89. The van der Waals surface area contributed by atoms with Crippen LogP contribution in [0.5, 0.6) is 0 Å². The fourth-order valence-corrected chi connectivity index (χ4v) is 6.47. The van der Waals surface area contributed by atoms with Crippen LogP contribution < -0.4 is 0 Å². The Balaban J connectivity index is 1.15. The molecule has 5 heterocycles. The predicted octanol–water partition coefficient (Wildman–Crippen LogP) is 2.67. The van der Waals surface area contributed by atoms with E-state index in [4.69, 9.17) is 14.0 Å². The number of nitrogens with zero attached hydrogens (tertiary/aromatic N) is 6. The molecule has 0 bridgehead atoms. The average Bonchev–Trinajstić information content (AvgIpc) is 3.83. The second-order valence-corrected chi connectivity index (χ2v) is 11.6. The Morgan fingerprint density at radius 1 is 1.05 bits per heavy atom. The molecule has 15 heteroatoms. The molecule has 2 amide bonds. The number of amides is 2. The van der Waals surface area contributed by atoms with E-state index in [1.54, 1.807) is 0 Å². The van der Waals surface area contributed by atoms with Crippen LogP contribution in [0.2, 0.25) is 0 Å². The van der Waals surface area contributed by atoms with E-state index in [1.165, 1.54) is 18.0 Å². The van der Waals surface area contributed by atoms with Crippen molar-refractivity contribution in [3.05, 3.63) is 53.3 Å². The number of benzene rings is 1. The molecule has 2 N–H and O–H groups in total. The van der Waals surface area contributed by atoms with Crippen LogP contribution in [0.1, 0.15) is 49.1 Å². The summed E-state index contributed by atoms with van der Waals surface area (Å²) in [6.07, 6.45) is 1.41. The van der Waals surface area contributed by atoms with E-state index >= 15 is 0 Å². The third-order valence-corrected chi connectivity index (χ3v) is 8.86. The minimum Gasteiger partial charge on any atom is -0.394 e. The van der Waals surface area contributed by atoms with Gasteiger partial charge in [-0.2, -0.15) is 0 Å². The molecule has 2 aromatic heterocycles. The molecule has 0 aliphatic carbocycles. The first kappa shape index (κ1) is 30.5. The van der Waals surface area contributed by atoms with Crippen molar-refractivity contribution in [3.8, 4) is 11.3 Å². The highest BCUT2D eigenvalue weighted by Crippen LogP contribution is 2.35. The maximum Gasteiger partial charge on any atom is 0.319 e. The maximum absolute atomic E-state index is 13.8. The summed E-state index contributed by atoms with van der Waals surface area (Å²) in [5.74, 6) is -3.51. The number of carbonyl (C=O) groups is 1. The molecule has 12 nitrogen and oxygen atoms in total. The highest BCUT2D eigenvalue weighted by Gasteiger charge is 2.47. The van der Waals surface area contributed by atoms with Gasteiger partial charge in [-0.3, -0.25) is 0 Å². The first-order valence-electron chi connectivity index (χ1n) is 14.8. The van der Waals surface area contributed by atoms with Crippen molar-refractivity contribution in [3.63, 3.8) is 0 Å². The van der Waals surface area contributed by atoms with Crippen LogP contribution in [0.15, 0.2) is 28.9 Å². The zero-order chi connectivity index (χ0) is 31.0. The molecule has 0 saturated carbocycles. The van der Waals surface area contributed by atoms with E-state index in [1.807, 2.05) is 15.9 Å². The van der Waals surface area contributed by atoms with Gasteiger partial charge in [-0.15, -0.1) is 5.10 Å². The highest BCUT2D eigenvalue weighted by atomic mass is 19.2. The number of aromatic nitrogens is 4. The number of hydrogen-bond acceptors (Lipinski definition) is 9. The van der Waals surface area contributed by atoms with Crippen molar-refractivity contribution < 1.29 is 42.2 Å². The van der Waals surface area contributed by atoms with Gasteiger partial charge >= 0.3 is 6.03 Å². The van der Waals surface area contributed by atoms with Gasteiger partial charge in [-0.1, -0.05) is 10.4 Å². The minimum atomic E-state index is -1.59. The van der Waals surface area contributed by atoms with Gasteiger partial charge in [0.2, 0.25) is 0 Å². The molecule has 3 aliphatic heterocycles. The van der Waals surface area contributed by atoms with Gasteiger partial charge in [0.25, 0.3) is 0 Å². The summed E-state index contributed by atoms with van der Waals surface area (Å²) in [6.45, 7) is 2.42. The van der Waals surface area contributed by atoms with Crippen molar-refractivity contribution in [2.75, 3.05) is 39.9 Å². The average molecular weight is 621 g/mol. The number of carbonyl (C=O) groups excluding carboxylic acids is 1. The smallest absolute Gasteiger partial charge is 0.319 e. The Bertz CT molecular complexity index is 1430. The third-order valence-electron chi connectivity index (χ3n) is 8.86. The van der Waals surface area contributed by atoms with Crippen LogP contribution in [0.25, 0.3) is 11.3 Å². The Hall–Kier alpha value is -3.53. The summed E-state index contributed by atoms with van der Waals surface area (Å²) in [5.41, 5.74) is 0.591. The van der Waals surface area contributed by atoms with Gasteiger partial charge in [0, 0.05) is 57.3 Å². The van der Waals surface area contributed by atoms with Crippen molar-refractivity contribution in [2.24, 2.45) is 0 Å². The van der Waals surface area contributed by atoms with Gasteiger partial charge in [0.1, 0.15) is 35.8 Å². The molecule has 3 saturated heterocycles. The van der Waals surface area contributed by atoms with Gasteiger partial charge < -0.3 is 34.0 Å². The number of methoxy groups -OCH3 is 1. The fourth-order valence-electron chi connectivity index (χ4n) is 6.47. The van der Waals surface area contributed by atoms with Crippen LogP contribution in [0.3, 0.4) is 0 Å². The first-order chi connectivity index (χ1) is 21.3. The predicted molar refractivity (Wildman–Crippen MR) is 147 cm³/mol. The molecule has 1 aromatic carbocycles. The summed E-state index contributed by atoms with van der Waals surface area (Å²) in [4.78, 5) is 16.6. The largest absolute Gasteiger partial charge is 0.394 e. The van der Waals surface area contributed by atoms with Crippen LogP contribution >= 0.6 is 0 Å². The van der Waals surface area contributed by atoms with Crippen LogP contribution in [0.4, 0.5) is 18.0 Å². The van der Waals surface area contributed by atoms with Crippen LogP contribution in [-0.2, 0) is 15.9 Å². The molecular weight excluding hydrogens is 585 g/mol. The quantitative estimate of drug-likeness (QED) is 0.382. The maximum atomic E-state index is 13.8. The Kier molecular flexibility index (Phi) is 8.89. The number of urea groups is 1. The van der Waals surface area contributed by atoms with Crippen molar-refractivity contribution in [1.82, 2.24) is 30.0 Å². The van der Waals surface area contributed by atoms with Crippen LogP contribution in [-0.4, -0.2) is 111 Å². The number of likely N-dealkylation sites (tertiary alicyclic amines) is 2. The fraction of sp³-hybridized carbons (Fsp3) is 0.586. The lowest BCUT2D eigenvalue weighted by Gasteiger charge is -2.43. The van der Waals surface area contributed by atoms with Crippen LogP contribution in [0, 0.1) is 17.5 Å². The molecular formula is C29H35F3N6O6.